The largest absolute Gasteiger partial charge is 0.491 e. The molecule has 0 amide bonds. The van der Waals surface area contributed by atoms with Crippen LogP contribution in [0.3, 0.4) is 0 Å². The third-order valence-electron chi connectivity index (χ3n) is 3.28. The summed E-state index contributed by atoms with van der Waals surface area (Å²) in [5, 5.41) is 1.20. The van der Waals surface area contributed by atoms with Gasteiger partial charge in [0.2, 0.25) is 0 Å². The molecule has 0 fully saturated rings. The number of halogens is 2. The third kappa shape index (κ3) is 4.05. The van der Waals surface area contributed by atoms with E-state index >= 15 is 0 Å². The van der Waals surface area contributed by atoms with Crippen molar-refractivity contribution in [1.29, 1.82) is 0 Å². The Kier molecular flexibility index (Phi) is 5.03. The average molecular weight is 362 g/mol. The van der Waals surface area contributed by atoms with E-state index in [2.05, 4.69) is 4.98 Å². The van der Waals surface area contributed by atoms with Gasteiger partial charge in [0, 0.05) is 11.1 Å². The molecule has 0 aliphatic rings. The number of hydrogen-bond acceptors (Lipinski definition) is 2. The fourth-order valence-electron chi connectivity index (χ4n) is 2.30. The summed E-state index contributed by atoms with van der Waals surface area (Å²) in [5.41, 5.74) is 1.75. The van der Waals surface area contributed by atoms with Gasteiger partial charge in [-0.3, -0.25) is 0 Å². The molecule has 24 heavy (non-hydrogen) atoms. The number of benzene rings is 2. The quantitative estimate of drug-likeness (QED) is 0.557. The van der Waals surface area contributed by atoms with E-state index in [9.17, 15) is 0 Å². The fourth-order valence-corrected chi connectivity index (χ4v) is 2.74. The van der Waals surface area contributed by atoms with Crippen LogP contribution in [0, 0.1) is 0 Å². The number of aromatic nitrogens is 1. The first-order chi connectivity index (χ1) is 11.5. The van der Waals surface area contributed by atoms with Crippen LogP contribution in [-0.4, -0.2) is 11.1 Å². The smallest absolute Gasteiger partial charge is 0.199 e. The van der Waals surface area contributed by atoms with Crippen molar-refractivity contribution in [1.82, 2.24) is 4.98 Å². The minimum atomic E-state index is 0.141. The van der Waals surface area contributed by atoms with E-state index in [0.717, 1.165) is 17.0 Å². The molecular weight excluding hydrogens is 345 g/mol. The second-order valence-electron chi connectivity index (χ2n) is 5.61. The molecule has 1 aromatic heterocycles. The highest BCUT2D eigenvalue weighted by Crippen LogP contribution is 2.34. The van der Waals surface area contributed by atoms with Gasteiger partial charge in [-0.2, -0.15) is 0 Å². The minimum Gasteiger partial charge on any atom is -0.491 e. The highest BCUT2D eigenvalue weighted by Gasteiger charge is 2.11. The molecule has 0 saturated carbocycles. The van der Waals surface area contributed by atoms with Gasteiger partial charge in [0.25, 0.3) is 0 Å². The predicted molar refractivity (Wildman–Crippen MR) is 98.5 cm³/mol. The zero-order valence-electron chi connectivity index (χ0n) is 13.3. The molecule has 2 aromatic carbocycles. The number of nitrogens with one attached hydrogen (secondary N) is 1. The first kappa shape index (κ1) is 16.7. The first-order valence-corrected chi connectivity index (χ1v) is 8.36. The summed E-state index contributed by atoms with van der Waals surface area (Å²) >= 11 is 12.3. The van der Waals surface area contributed by atoms with Crippen LogP contribution in [-0.2, 0) is 0 Å². The molecule has 0 bridgehead atoms. The molecule has 0 aliphatic heterocycles. The summed E-state index contributed by atoms with van der Waals surface area (Å²) in [6.45, 7) is 3.99. The van der Waals surface area contributed by atoms with Gasteiger partial charge in [0.05, 0.1) is 16.8 Å². The Morgan fingerprint density at radius 3 is 2.33 bits per heavy atom. The Labute approximate surface area is 151 Å². The molecule has 1 N–H and O–H groups in total. The number of aromatic amines is 1. The normalized spacial score (nSPS) is 10.9. The molecule has 3 rings (SSSR count). The summed E-state index contributed by atoms with van der Waals surface area (Å²) in [4.78, 5) is 3.19. The van der Waals surface area contributed by atoms with E-state index in [1.807, 2.05) is 50.2 Å². The highest BCUT2D eigenvalue weighted by atomic mass is 35.5. The summed E-state index contributed by atoms with van der Waals surface area (Å²) < 4.78 is 11.4. The van der Waals surface area contributed by atoms with Crippen LogP contribution in [0.4, 0.5) is 0 Å². The van der Waals surface area contributed by atoms with Crippen molar-refractivity contribution < 1.29 is 9.47 Å². The van der Waals surface area contributed by atoms with Crippen LogP contribution >= 0.6 is 23.2 Å². The molecule has 0 saturated heterocycles. The number of hydrogen-bond donors (Lipinski definition) is 1. The van der Waals surface area contributed by atoms with Gasteiger partial charge >= 0.3 is 0 Å². The predicted octanol–water partition coefficient (Wildman–Crippen LogP) is 6.57. The summed E-state index contributed by atoms with van der Waals surface area (Å²) in [5.74, 6) is 2.03. The standard InChI is InChI=1S/C19H17Cl2NO2/c1-12(2)23-15-8-6-13(7-9-15)19-17(21)11-18(22-19)24-16-5-3-4-14(20)10-16/h3-12,22H,1-2H3. The van der Waals surface area contributed by atoms with Gasteiger partial charge < -0.3 is 14.5 Å². The van der Waals surface area contributed by atoms with Gasteiger partial charge in [-0.05, 0) is 61.9 Å². The topological polar surface area (TPSA) is 34.2 Å². The maximum absolute atomic E-state index is 6.33. The van der Waals surface area contributed by atoms with Crippen molar-refractivity contribution >= 4 is 23.2 Å². The number of rotatable bonds is 5. The van der Waals surface area contributed by atoms with Crippen LogP contribution < -0.4 is 9.47 Å². The molecule has 5 heteroatoms. The van der Waals surface area contributed by atoms with E-state index in [0.29, 0.717) is 21.7 Å². The lowest BCUT2D eigenvalue weighted by Crippen LogP contribution is -2.05. The molecule has 3 aromatic rings. The van der Waals surface area contributed by atoms with Crippen molar-refractivity contribution in [2.24, 2.45) is 0 Å². The van der Waals surface area contributed by atoms with Crippen molar-refractivity contribution in [3.8, 4) is 28.6 Å². The van der Waals surface area contributed by atoms with Crippen molar-refractivity contribution in [3.63, 3.8) is 0 Å². The zero-order chi connectivity index (χ0) is 17.1. The molecular formula is C19H17Cl2NO2. The Morgan fingerprint density at radius 1 is 0.917 bits per heavy atom. The van der Waals surface area contributed by atoms with Crippen LogP contribution in [0.2, 0.25) is 10.0 Å². The number of ether oxygens (including phenoxy) is 2. The molecule has 3 nitrogen and oxygen atoms in total. The first-order valence-electron chi connectivity index (χ1n) is 7.60. The lowest BCUT2D eigenvalue weighted by atomic mass is 10.1. The fraction of sp³-hybridized carbons (Fsp3) is 0.158. The molecule has 0 radical (unpaired) electrons. The molecule has 0 aliphatic carbocycles. The maximum atomic E-state index is 6.33. The Morgan fingerprint density at radius 2 is 1.67 bits per heavy atom. The third-order valence-corrected chi connectivity index (χ3v) is 3.82. The second kappa shape index (κ2) is 7.20. The van der Waals surface area contributed by atoms with E-state index in [-0.39, 0.29) is 6.10 Å². The maximum Gasteiger partial charge on any atom is 0.199 e. The molecule has 124 valence electrons. The zero-order valence-corrected chi connectivity index (χ0v) is 14.9. The van der Waals surface area contributed by atoms with Gasteiger partial charge in [-0.25, -0.2) is 0 Å². The molecule has 1 heterocycles. The van der Waals surface area contributed by atoms with Crippen LogP contribution in [0.25, 0.3) is 11.3 Å². The van der Waals surface area contributed by atoms with Crippen molar-refractivity contribution in [2.45, 2.75) is 20.0 Å². The van der Waals surface area contributed by atoms with Crippen LogP contribution in [0.15, 0.2) is 54.6 Å². The SMILES string of the molecule is CC(C)Oc1ccc(-c2[nH]c(Oc3cccc(Cl)c3)cc2Cl)cc1. The van der Waals surface area contributed by atoms with E-state index in [1.165, 1.54) is 0 Å². The van der Waals surface area contributed by atoms with Gasteiger partial charge in [-0.15, -0.1) is 0 Å². The highest BCUT2D eigenvalue weighted by molar-refractivity contribution is 6.33. The number of H-pyrrole nitrogens is 1. The second-order valence-corrected chi connectivity index (χ2v) is 6.45. The Hall–Kier alpha value is -2.10. The monoisotopic (exact) mass is 361 g/mol. The molecule has 0 spiro atoms. The lowest BCUT2D eigenvalue weighted by Gasteiger charge is -2.10. The summed E-state index contributed by atoms with van der Waals surface area (Å²) in [6, 6.07) is 16.7. The van der Waals surface area contributed by atoms with E-state index < -0.39 is 0 Å². The Bertz CT molecular complexity index is 826. The van der Waals surface area contributed by atoms with Crippen molar-refractivity contribution in [2.75, 3.05) is 0 Å². The van der Waals surface area contributed by atoms with Gasteiger partial charge in [-0.1, -0.05) is 29.3 Å². The van der Waals surface area contributed by atoms with E-state index in [1.54, 1.807) is 18.2 Å². The van der Waals surface area contributed by atoms with Gasteiger partial charge in [0.15, 0.2) is 5.88 Å². The Balaban J connectivity index is 1.81. The summed E-state index contributed by atoms with van der Waals surface area (Å²) in [6.07, 6.45) is 0.141. The van der Waals surface area contributed by atoms with E-state index in [4.69, 9.17) is 32.7 Å². The lowest BCUT2D eigenvalue weighted by molar-refractivity contribution is 0.242. The molecule has 0 unspecified atom stereocenters. The van der Waals surface area contributed by atoms with Crippen LogP contribution in [0.5, 0.6) is 17.4 Å². The summed E-state index contributed by atoms with van der Waals surface area (Å²) in [7, 11) is 0. The minimum absolute atomic E-state index is 0.141. The van der Waals surface area contributed by atoms with Crippen LogP contribution in [0.1, 0.15) is 13.8 Å². The van der Waals surface area contributed by atoms with Crippen molar-refractivity contribution in [3.05, 3.63) is 64.6 Å². The average Bonchev–Trinajstić information content (AvgIpc) is 2.88. The molecule has 0 atom stereocenters. The van der Waals surface area contributed by atoms with Gasteiger partial charge in [0.1, 0.15) is 11.5 Å².